The monoisotopic (exact) mass is 425 g/mol. The Balaban J connectivity index is 1.26. The second-order valence-corrected chi connectivity index (χ2v) is 9.84. The van der Waals surface area contributed by atoms with Crippen molar-refractivity contribution >= 4 is 17.4 Å². The minimum absolute atomic E-state index is 0.0643. The Hall–Kier alpha value is -2.19. The van der Waals surface area contributed by atoms with E-state index in [-0.39, 0.29) is 11.8 Å². The Morgan fingerprint density at radius 1 is 1.13 bits per heavy atom. The third kappa shape index (κ3) is 4.03. The summed E-state index contributed by atoms with van der Waals surface area (Å²) in [7, 11) is 6.48. The maximum atomic E-state index is 12.9. The number of hydrogen-bond acceptors (Lipinski definition) is 6. The summed E-state index contributed by atoms with van der Waals surface area (Å²) in [5.41, 5.74) is 3.41. The van der Waals surface area contributed by atoms with Crippen LogP contribution < -0.4 is 10.2 Å². The van der Waals surface area contributed by atoms with Crippen molar-refractivity contribution in [2.24, 2.45) is 5.92 Å². The fourth-order valence-electron chi connectivity index (χ4n) is 5.38. The molecule has 2 fully saturated rings. The van der Waals surface area contributed by atoms with Crippen LogP contribution in [0, 0.1) is 5.92 Å². The number of fused-ring (bicyclic) bond motifs is 2. The van der Waals surface area contributed by atoms with E-state index in [2.05, 4.69) is 46.3 Å². The summed E-state index contributed by atoms with van der Waals surface area (Å²) in [4.78, 5) is 24.8. The lowest BCUT2D eigenvalue weighted by atomic mass is 9.89. The van der Waals surface area contributed by atoms with Gasteiger partial charge in [-0.2, -0.15) is 9.61 Å². The molecule has 2 aliphatic heterocycles. The summed E-state index contributed by atoms with van der Waals surface area (Å²) >= 11 is 0. The molecule has 31 heavy (non-hydrogen) atoms. The van der Waals surface area contributed by atoms with Crippen LogP contribution in [0.1, 0.15) is 36.9 Å². The first-order chi connectivity index (χ1) is 15.0. The molecule has 1 N–H and O–H groups in total. The smallest absolute Gasteiger partial charge is 0.226 e. The van der Waals surface area contributed by atoms with Crippen molar-refractivity contribution in [1.29, 1.82) is 0 Å². The molecule has 0 unspecified atom stereocenters. The maximum Gasteiger partial charge on any atom is 0.226 e. The molecule has 0 aromatic carbocycles. The molecule has 1 saturated carbocycles. The molecule has 5 rings (SSSR count). The third-order valence-electron chi connectivity index (χ3n) is 7.49. The zero-order chi connectivity index (χ0) is 21.5. The van der Waals surface area contributed by atoms with Crippen molar-refractivity contribution in [3.05, 3.63) is 23.5 Å². The number of likely N-dealkylation sites (N-methyl/N-ethyl adjacent to an activating group) is 1. The number of amides is 1. The average Bonchev–Trinajstić information content (AvgIpc) is 3.10. The number of hydrogen-bond donors (Lipinski definition) is 1. The molecule has 4 heterocycles. The molecule has 0 spiro atoms. The lowest BCUT2D eigenvalue weighted by Gasteiger charge is -2.42. The predicted octanol–water partition coefficient (Wildman–Crippen LogP) is 1.18. The standard InChI is InChI=1S/C23H35N7O/c1-27(2)18-6-4-17(5-7-18)25-22(31)16-14-29(15-16)23-19-9-12-28(3)13-10-20(19)26-21-8-11-24-30(21)23/h8,11,16-18H,4-7,9-10,12-15H2,1-3H3,(H,25,31)/t17-,18-. The molecular formula is C23H35N7O. The topological polar surface area (TPSA) is 69.0 Å². The van der Waals surface area contributed by atoms with Crippen LogP contribution in [0.5, 0.6) is 0 Å². The van der Waals surface area contributed by atoms with Crippen molar-refractivity contribution in [2.45, 2.75) is 50.6 Å². The van der Waals surface area contributed by atoms with Crippen LogP contribution in [-0.2, 0) is 17.6 Å². The van der Waals surface area contributed by atoms with Gasteiger partial charge in [0, 0.05) is 56.3 Å². The van der Waals surface area contributed by atoms with Gasteiger partial charge in [-0.15, -0.1) is 0 Å². The van der Waals surface area contributed by atoms with Crippen LogP contribution in [0.2, 0.25) is 0 Å². The molecule has 0 bridgehead atoms. The molecule has 1 amide bonds. The highest BCUT2D eigenvalue weighted by molar-refractivity contribution is 5.82. The van der Waals surface area contributed by atoms with Gasteiger partial charge in [0.1, 0.15) is 5.82 Å². The summed E-state index contributed by atoms with van der Waals surface area (Å²) in [6.45, 7) is 3.59. The Bertz CT molecular complexity index is 941. The van der Waals surface area contributed by atoms with Crippen LogP contribution >= 0.6 is 0 Å². The second-order valence-electron chi connectivity index (χ2n) is 9.84. The first-order valence-corrected chi connectivity index (χ1v) is 11.8. The molecule has 8 nitrogen and oxygen atoms in total. The van der Waals surface area contributed by atoms with E-state index in [0.717, 1.165) is 63.3 Å². The summed E-state index contributed by atoms with van der Waals surface area (Å²) in [5.74, 6) is 1.44. The molecule has 1 saturated heterocycles. The molecule has 1 aliphatic carbocycles. The van der Waals surface area contributed by atoms with Crippen molar-refractivity contribution < 1.29 is 4.79 Å². The first kappa shape index (κ1) is 20.7. The molecule has 168 valence electrons. The molecule has 2 aromatic rings. The average molecular weight is 426 g/mol. The molecule has 0 radical (unpaired) electrons. The van der Waals surface area contributed by atoms with Gasteiger partial charge in [0.05, 0.1) is 17.8 Å². The highest BCUT2D eigenvalue weighted by Crippen LogP contribution is 2.32. The Morgan fingerprint density at radius 3 is 2.61 bits per heavy atom. The van der Waals surface area contributed by atoms with Crippen LogP contribution in [0.3, 0.4) is 0 Å². The van der Waals surface area contributed by atoms with Gasteiger partial charge < -0.3 is 20.0 Å². The van der Waals surface area contributed by atoms with Crippen LogP contribution in [0.4, 0.5) is 5.82 Å². The van der Waals surface area contributed by atoms with E-state index in [1.54, 1.807) is 0 Å². The van der Waals surface area contributed by atoms with Crippen molar-refractivity contribution in [1.82, 2.24) is 29.7 Å². The van der Waals surface area contributed by atoms with E-state index in [4.69, 9.17) is 4.98 Å². The van der Waals surface area contributed by atoms with Crippen molar-refractivity contribution in [2.75, 3.05) is 52.2 Å². The van der Waals surface area contributed by atoms with Gasteiger partial charge >= 0.3 is 0 Å². The Labute approximate surface area is 184 Å². The normalized spacial score (nSPS) is 25.4. The molecule has 8 heteroatoms. The molecule has 0 atom stereocenters. The SMILES string of the molecule is CN1CCc2nc3ccnn3c(N3CC(C(=O)N[C@H]4CC[C@H](N(C)C)CC4)C3)c2CC1. The van der Waals surface area contributed by atoms with Gasteiger partial charge in [0.2, 0.25) is 5.91 Å². The summed E-state index contributed by atoms with van der Waals surface area (Å²) < 4.78 is 1.97. The van der Waals surface area contributed by atoms with Crippen LogP contribution in [0.25, 0.3) is 5.65 Å². The highest BCUT2D eigenvalue weighted by Gasteiger charge is 2.37. The zero-order valence-electron chi connectivity index (χ0n) is 19.0. The molecule has 3 aliphatic rings. The lowest BCUT2D eigenvalue weighted by molar-refractivity contribution is -0.126. The minimum Gasteiger partial charge on any atom is -0.354 e. The van der Waals surface area contributed by atoms with Gasteiger partial charge in [-0.3, -0.25) is 4.79 Å². The Morgan fingerprint density at radius 2 is 1.87 bits per heavy atom. The summed E-state index contributed by atoms with van der Waals surface area (Å²) in [5, 5.41) is 7.90. The number of nitrogens with zero attached hydrogens (tertiary/aromatic N) is 6. The quantitative estimate of drug-likeness (QED) is 0.794. The van der Waals surface area contributed by atoms with Gasteiger partial charge in [0.15, 0.2) is 5.65 Å². The number of nitrogens with one attached hydrogen (secondary N) is 1. The Kier molecular flexibility index (Phi) is 5.60. The van der Waals surface area contributed by atoms with E-state index in [1.807, 2.05) is 16.8 Å². The largest absolute Gasteiger partial charge is 0.354 e. The van der Waals surface area contributed by atoms with Gasteiger partial charge in [-0.1, -0.05) is 0 Å². The number of carbonyl (C=O) groups is 1. The fraction of sp³-hybridized carbons (Fsp3) is 0.696. The number of rotatable bonds is 4. The number of aromatic nitrogens is 3. The maximum absolute atomic E-state index is 12.9. The van der Waals surface area contributed by atoms with Crippen LogP contribution in [0.15, 0.2) is 12.3 Å². The van der Waals surface area contributed by atoms with E-state index in [9.17, 15) is 4.79 Å². The third-order valence-corrected chi connectivity index (χ3v) is 7.49. The van der Waals surface area contributed by atoms with Crippen LogP contribution in [-0.4, -0.2) is 89.7 Å². The van der Waals surface area contributed by atoms with Gasteiger partial charge in [0.25, 0.3) is 0 Å². The minimum atomic E-state index is 0.0643. The van der Waals surface area contributed by atoms with Crippen molar-refractivity contribution in [3.8, 4) is 0 Å². The molecule has 2 aromatic heterocycles. The fourth-order valence-corrected chi connectivity index (χ4v) is 5.38. The lowest BCUT2D eigenvalue weighted by Crippen LogP contribution is -2.56. The van der Waals surface area contributed by atoms with Gasteiger partial charge in [-0.25, -0.2) is 4.98 Å². The summed E-state index contributed by atoms with van der Waals surface area (Å²) in [6.07, 6.45) is 8.29. The number of carbonyl (C=O) groups excluding carboxylic acids is 1. The zero-order valence-corrected chi connectivity index (χ0v) is 19.0. The number of anilines is 1. The highest BCUT2D eigenvalue weighted by atomic mass is 16.2. The first-order valence-electron chi connectivity index (χ1n) is 11.8. The van der Waals surface area contributed by atoms with Crippen molar-refractivity contribution in [3.63, 3.8) is 0 Å². The van der Waals surface area contributed by atoms with E-state index in [0.29, 0.717) is 12.1 Å². The second kappa shape index (κ2) is 8.39. The molecular weight excluding hydrogens is 390 g/mol. The summed E-state index contributed by atoms with van der Waals surface area (Å²) in [6, 6.07) is 2.97. The van der Waals surface area contributed by atoms with E-state index >= 15 is 0 Å². The predicted molar refractivity (Wildman–Crippen MR) is 121 cm³/mol. The van der Waals surface area contributed by atoms with E-state index in [1.165, 1.54) is 24.1 Å². The van der Waals surface area contributed by atoms with Gasteiger partial charge in [-0.05, 0) is 53.2 Å². The van der Waals surface area contributed by atoms with E-state index < -0.39 is 0 Å².